The number of rotatable bonds is 3. The van der Waals surface area contributed by atoms with Gasteiger partial charge in [-0.2, -0.15) is 0 Å². The van der Waals surface area contributed by atoms with Crippen LogP contribution < -0.4 is 4.74 Å². The minimum Gasteiger partial charge on any atom is -0.496 e. The van der Waals surface area contributed by atoms with E-state index in [-0.39, 0.29) is 0 Å². The maximum absolute atomic E-state index is 10.8. The van der Waals surface area contributed by atoms with E-state index < -0.39 is 6.10 Å². The van der Waals surface area contributed by atoms with E-state index in [0.29, 0.717) is 0 Å². The lowest BCUT2D eigenvalue weighted by Crippen LogP contribution is -2.03. The maximum atomic E-state index is 10.8. The molecule has 1 N–H and O–H groups in total. The molecule has 0 aliphatic heterocycles. The van der Waals surface area contributed by atoms with E-state index in [1.54, 1.807) is 7.11 Å². The highest BCUT2D eigenvalue weighted by atomic mass is 127. The van der Waals surface area contributed by atoms with Crippen LogP contribution in [0.3, 0.4) is 0 Å². The zero-order valence-electron chi connectivity index (χ0n) is 11.6. The first-order valence-electron chi connectivity index (χ1n) is 6.70. The summed E-state index contributed by atoms with van der Waals surface area (Å²) in [6, 6.07) is 19.7. The molecule has 1 atom stereocenters. The second kappa shape index (κ2) is 6.03. The van der Waals surface area contributed by atoms with E-state index in [4.69, 9.17) is 4.74 Å². The van der Waals surface area contributed by atoms with E-state index in [2.05, 4.69) is 22.6 Å². The third kappa shape index (κ3) is 2.63. The summed E-state index contributed by atoms with van der Waals surface area (Å²) in [5.74, 6) is 0.823. The molecule has 0 aliphatic carbocycles. The van der Waals surface area contributed by atoms with Crippen molar-refractivity contribution in [3.05, 3.63) is 75.4 Å². The SMILES string of the molecule is COc1ccc(C(O)c2ccccc2I)c2ccccc12. The van der Waals surface area contributed by atoms with Gasteiger partial charge in [0, 0.05) is 8.96 Å². The van der Waals surface area contributed by atoms with Gasteiger partial charge < -0.3 is 9.84 Å². The molecule has 0 saturated carbocycles. The number of methoxy groups -OCH3 is 1. The van der Waals surface area contributed by atoms with E-state index in [0.717, 1.165) is 31.2 Å². The van der Waals surface area contributed by atoms with Gasteiger partial charge in [0.15, 0.2) is 0 Å². The van der Waals surface area contributed by atoms with Gasteiger partial charge in [0.25, 0.3) is 0 Å². The molecule has 3 aromatic carbocycles. The Morgan fingerprint density at radius 3 is 2.24 bits per heavy atom. The van der Waals surface area contributed by atoms with Gasteiger partial charge in [-0.1, -0.05) is 48.5 Å². The van der Waals surface area contributed by atoms with Crippen molar-refractivity contribution in [3.63, 3.8) is 0 Å². The zero-order valence-corrected chi connectivity index (χ0v) is 13.7. The Hall–Kier alpha value is -1.59. The number of hydrogen-bond acceptors (Lipinski definition) is 2. The number of benzene rings is 3. The van der Waals surface area contributed by atoms with Crippen molar-refractivity contribution < 1.29 is 9.84 Å². The summed E-state index contributed by atoms with van der Waals surface area (Å²) in [5, 5.41) is 12.8. The molecule has 0 radical (unpaired) electrons. The van der Waals surface area contributed by atoms with Crippen LogP contribution in [0.5, 0.6) is 5.75 Å². The molecule has 21 heavy (non-hydrogen) atoms. The van der Waals surface area contributed by atoms with Gasteiger partial charge in [-0.3, -0.25) is 0 Å². The summed E-state index contributed by atoms with van der Waals surface area (Å²) >= 11 is 2.26. The van der Waals surface area contributed by atoms with Crippen molar-refractivity contribution >= 4 is 33.4 Å². The molecule has 3 aromatic rings. The van der Waals surface area contributed by atoms with Crippen molar-refractivity contribution in [3.8, 4) is 5.75 Å². The highest BCUT2D eigenvalue weighted by Crippen LogP contribution is 2.35. The zero-order chi connectivity index (χ0) is 14.8. The fourth-order valence-corrected chi connectivity index (χ4v) is 3.26. The van der Waals surface area contributed by atoms with E-state index in [1.807, 2.05) is 60.7 Å². The van der Waals surface area contributed by atoms with Crippen LogP contribution in [0.25, 0.3) is 10.8 Å². The standard InChI is InChI=1S/C18H15IO2/c1-21-17-11-10-14(12-6-2-3-7-13(12)17)18(20)15-8-4-5-9-16(15)19/h2-11,18,20H,1H3. The maximum Gasteiger partial charge on any atom is 0.126 e. The molecule has 0 spiro atoms. The van der Waals surface area contributed by atoms with E-state index in [1.165, 1.54) is 0 Å². The lowest BCUT2D eigenvalue weighted by molar-refractivity contribution is 0.221. The van der Waals surface area contributed by atoms with E-state index in [9.17, 15) is 5.11 Å². The van der Waals surface area contributed by atoms with Gasteiger partial charge in [0.2, 0.25) is 0 Å². The molecule has 0 heterocycles. The van der Waals surface area contributed by atoms with Crippen LogP contribution in [0.1, 0.15) is 17.2 Å². The van der Waals surface area contributed by atoms with Crippen LogP contribution in [0, 0.1) is 3.57 Å². The molecule has 3 rings (SSSR count). The molecular formula is C18H15IO2. The summed E-state index contributed by atoms with van der Waals surface area (Å²) in [4.78, 5) is 0. The molecule has 106 valence electrons. The smallest absolute Gasteiger partial charge is 0.126 e. The van der Waals surface area contributed by atoms with Crippen molar-refractivity contribution in [1.29, 1.82) is 0 Å². The van der Waals surface area contributed by atoms with Crippen LogP contribution in [0.4, 0.5) is 0 Å². The van der Waals surface area contributed by atoms with Gasteiger partial charge in [-0.05, 0) is 51.2 Å². The van der Waals surface area contributed by atoms with Crippen LogP contribution in [-0.2, 0) is 0 Å². The predicted octanol–water partition coefficient (Wildman–Crippen LogP) is 4.53. The van der Waals surface area contributed by atoms with Gasteiger partial charge in [-0.15, -0.1) is 0 Å². The van der Waals surface area contributed by atoms with Gasteiger partial charge in [0.1, 0.15) is 11.9 Å². The first-order chi connectivity index (χ1) is 10.2. The number of fused-ring (bicyclic) bond motifs is 1. The Morgan fingerprint density at radius 1 is 0.857 bits per heavy atom. The van der Waals surface area contributed by atoms with Crippen LogP contribution in [-0.4, -0.2) is 12.2 Å². The molecule has 2 nitrogen and oxygen atoms in total. The van der Waals surface area contributed by atoms with Crippen LogP contribution in [0.15, 0.2) is 60.7 Å². The first-order valence-corrected chi connectivity index (χ1v) is 7.78. The largest absolute Gasteiger partial charge is 0.496 e. The fourth-order valence-electron chi connectivity index (χ4n) is 2.58. The quantitative estimate of drug-likeness (QED) is 0.666. The molecular weight excluding hydrogens is 375 g/mol. The van der Waals surface area contributed by atoms with Crippen molar-refractivity contribution in [1.82, 2.24) is 0 Å². The van der Waals surface area contributed by atoms with E-state index >= 15 is 0 Å². The number of ether oxygens (including phenoxy) is 1. The molecule has 0 aromatic heterocycles. The van der Waals surface area contributed by atoms with Gasteiger partial charge in [-0.25, -0.2) is 0 Å². The number of hydrogen-bond donors (Lipinski definition) is 1. The normalized spacial score (nSPS) is 12.3. The number of halogens is 1. The van der Waals surface area contributed by atoms with Crippen molar-refractivity contribution in [2.75, 3.05) is 7.11 Å². The number of aliphatic hydroxyl groups excluding tert-OH is 1. The predicted molar refractivity (Wildman–Crippen MR) is 93.7 cm³/mol. The minimum atomic E-state index is -0.645. The molecule has 0 saturated heterocycles. The second-order valence-electron chi connectivity index (χ2n) is 4.83. The van der Waals surface area contributed by atoms with Crippen LogP contribution in [0.2, 0.25) is 0 Å². The molecule has 0 fully saturated rings. The third-order valence-corrected chi connectivity index (χ3v) is 4.61. The summed E-state index contributed by atoms with van der Waals surface area (Å²) in [7, 11) is 1.66. The summed E-state index contributed by atoms with van der Waals surface area (Å²) in [6.07, 6.45) is -0.645. The van der Waals surface area contributed by atoms with Crippen molar-refractivity contribution in [2.24, 2.45) is 0 Å². The molecule has 0 bridgehead atoms. The second-order valence-corrected chi connectivity index (χ2v) is 5.99. The van der Waals surface area contributed by atoms with Gasteiger partial charge in [0.05, 0.1) is 7.11 Å². The summed E-state index contributed by atoms with van der Waals surface area (Å²) in [6.45, 7) is 0. The summed E-state index contributed by atoms with van der Waals surface area (Å²) in [5.41, 5.74) is 1.82. The Bertz CT molecular complexity index is 783. The fraction of sp³-hybridized carbons (Fsp3) is 0.111. The Morgan fingerprint density at radius 2 is 1.52 bits per heavy atom. The average Bonchev–Trinajstić information content (AvgIpc) is 2.53. The Labute approximate surface area is 137 Å². The first kappa shape index (κ1) is 14.4. The summed E-state index contributed by atoms with van der Waals surface area (Å²) < 4.78 is 6.47. The lowest BCUT2D eigenvalue weighted by Gasteiger charge is -2.17. The Kier molecular flexibility index (Phi) is 4.12. The lowest BCUT2D eigenvalue weighted by atomic mass is 9.95. The molecule has 0 aliphatic rings. The average molecular weight is 390 g/mol. The highest BCUT2D eigenvalue weighted by molar-refractivity contribution is 14.1. The topological polar surface area (TPSA) is 29.5 Å². The molecule has 1 unspecified atom stereocenters. The third-order valence-electron chi connectivity index (χ3n) is 3.63. The monoisotopic (exact) mass is 390 g/mol. The van der Waals surface area contributed by atoms with Crippen LogP contribution >= 0.6 is 22.6 Å². The number of aliphatic hydroxyl groups is 1. The Balaban J connectivity index is 2.19. The molecule has 3 heteroatoms. The highest BCUT2D eigenvalue weighted by Gasteiger charge is 2.17. The minimum absolute atomic E-state index is 0.645. The molecule has 0 amide bonds. The van der Waals surface area contributed by atoms with Crippen molar-refractivity contribution in [2.45, 2.75) is 6.10 Å². The van der Waals surface area contributed by atoms with Gasteiger partial charge >= 0.3 is 0 Å².